The van der Waals surface area contributed by atoms with Crippen LogP contribution < -0.4 is 0 Å². The molecular weight excluding hydrogens is 304 g/mol. The maximum atomic E-state index is 10.8. The highest BCUT2D eigenvalue weighted by atomic mass is 16.3. The molecule has 0 aliphatic rings. The summed E-state index contributed by atoms with van der Waals surface area (Å²) in [5, 5.41) is 10.8. The summed E-state index contributed by atoms with van der Waals surface area (Å²) in [6.45, 7) is 8.81. The molecule has 0 saturated heterocycles. The molecule has 0 bridgehead atoms. The van der Waals surface area contributed by atoms with Crippen LogP contribution in [0.4, 0.5) is 0 Å². The van der Waals surface area contributed by atoms with E-state index >= 15 is 0 Å². The van der Waals surface area contributed by atoms with Crippen LogP contribution in [-0.4, -0.2) is 5.11 Å². The van der Waals surface area contributed by atoms with E-state index < -0.39 is 0 Å². The van der Waals surface area contributed by atoms with E-state index in [1.54, 1.807) is 6.07 Å². The third-order valence-corrected chi connectivity index (χ3v) is 5.33. The maximum Gasteiger partial charge on any atom is 0.119 e. The Morgan fingerprint density at radius 3 is 1.56 bits per heavy atom. The number of hydrogen-bond donors (Lipinski definition) is 1. The Labute approximate surface area is 151 Å². The van der Waals surface area contributed by atoms with Gasteiger partial charge in [-0.1, -0.05) is 100 Å². The number of phenolic OH excluding ortho intramolecular Hbond substituents is 1. The van der Waals surface area contributed by atoms with Gasteiger partial charge in [0.1, 0.15) is 5.75 Å². The van der Waals surface area contributed by atoms with Crippen LogP contribution >= 0.6 is 0 Å². The van der Waals surface area contributed by atoms with Crippen LogP contribution in [0.25, 0.3) is 0 Å². The fraction of sp³-hybridized carbons (Fsp3) is 0.250. The summed E-state index contributed by atoms with van der Waals surface area (Å²) in [5.74, 6) is 0.357. The predicted octanol–water partition coefficient (Wildman–Crippen LogP) is 6.04. The van der Waals surface area contributed by atoms with Crippen LogP contribution in [0, 0.1) is 0 Å². The lowest BCUT2D eigenvalue weighted by molar-refractivity contribution is 0.445. The predicted molar refractivity (Wildman–Crippen MR) is 105 cm³/mol. The molecule has 0 aliphatic heterocycles. The zero-order valence-corrected chi connectivity index (χ0v) is 15.5. The van der Waals surface area contributed by atoms with Crippen molar-refractivity contribution in [3.63, 3.8) is 0 Å². The van der Waals surface area contributed by atoms with Crippen molar-refractivity contribution in [2.45, 2.75) is 38.5 Å². The largest absolute Gasteiger partial charge is 0.508 e. The van der Waals surface area contributed by atoms with Gasteiger partial charge in [0.2, 0.25) is 0 Å². The van der Waals surface area contributed by atoms with Gasteiger partial charge in [-0.05, 0) is 22.8 Å². The van der Waals surface area contributed by atoms with Gasteiger partial charge in [0.25, 0.3) is 0 Å². The fourth-order valence-electron chi connectivity index (χ4n) is 3.73. The topological polar surface area (TPSA) is 20.2 Å². The van der Waals surface area contributed by atoms with E-state index in [-0.39, 0.29) is 10.8 Å². The molecule has 3 rings (SSSR count). The van der Waals surface area contributed by atoms with Gasteiger partial charge in [0, 0.05) is 16.4 Å². The van der Waals surface area contributed by atoms with Crippen LogP contribution in [0.2, 0.25) is 0 Å². The summed E-state index contributed by atoms with van der Waals surface area (Å²) in [5.41, 5.74) is 4.09. The Morgan fingerprint density at radius 1 is 0.560 bits per heavy atom. The van der Waals surface area contributed by atoms with Crippen molar-refractivity contribution in [1.29, 1.82) is 0 Å². The van der Waals surface area contributed by atoms with E-state index in [1.165, 1.54) is 11.1 Å². The molecule has 0 spiro atoms. The normalized spacial score (nSPS) is 12.2. The minimum atomic E-state index is -0.298. The fourth-order valence-corrected chi connectivity index (χ4v) is 3.73. The van der Waals surface area contributed by atoms with Crippen molar-refractivity contribution in [2.75, 3.05) is 0 Å². The molecule has 0 heterocycles. The summed E-state index contributed by atoms with van der Waals surface area (Å²) in [6, 6.07) is 26.8. The molecule has 1 heteroatoms. The maximum absolute atomic E-state index is 10.8. The van der Waals surface area contributed by atoms with Crippen LogP contribution in [0.5, 0.6) is 5.75 Å². The molecule has 0 unspecified atom stereocenters. The van der Waals surface area contributed by atoms with Crippen LogP contribution in [0.1, 0.15) is 49.9 Å². The molecular formula is C24H26O. The Balaban J connectivity index is 2.23. The minimum absolute atomic E-state index is 0.207. The quantitative estimate of drug-likeness (QED) is 0.618. The van der Waals surface area contributed by atoms with Crippen LogP contribution in [-0.2, 0) is 10.8 Å². The zero-order chi connectivity index (χ0) is 18.1. The molecule has 0 fully saturated rings. The SMILES string of the molecule is CC(C)(c1ccccc1)c1cccc(O)c1C(C)(C)c1ccccc1. The Kier molecular flexibility index (Phi) is 4.43. The highest BCUT2D eigenvalue weighted by molar-refractivity contribution is 5.54. The van der Waals surface area contributed by atoms with E-state index in [1.807, 2.05) is 18.2 Å². The molecule has 0 amide bonds. The molecule has 25 heavy (non-hydrogen) atoms. The van der Waals surface area contributed by atoms with Gasteiger partial charge >= 0.3 is 0 Å². The summed E-state index contributed by atoms with van der Waals surface area (Å²) >= 11 is 0. The summed E-state index contributed by atoms with van der Waals surface area (Å²) in [7, 11) is 0. The van der Waals surface area contributed by atoms with Gasteiger partial charge in [0.05, 0.1) is 0 Å². The van der Waals surface area contributed by atoms with Crippen LogP contribution in [0.15, 0.2) is 78.9 Å². The Hall–Kier alpha value is -2.54. The molecule has 1 N–H and O–H groups in total. The lowest BCUT2D eigenvalue weighted by atomic mass is 9.68. The lowest BCUT2D eigenvalue weighted by Crippen LogP contribution is -2.28. The van der Waals surface area contributed by atoms with Crippen molar-refractivity contribution < 1.29 is 5.11 Å². The Morgan fingerprint density at radius 2 is 1.04 bits per heavy atom. The number of benzene rings is 3. The smallest absolute Gasteiger partial charge is 0.119 e. The minimum Gasteiger partial charge on any atom is -0.508 e. The number of phenols is 1. The lowest BCUT2D eigenvalue weighted by Gasteiger charge is -2.35. The van der Waals surface area contributed by atoms with Crippen molar-refractivity contribution in [3.8, 4) is 5.75 Å². The molecule has 0 aliphatic carbocycles. The van der Waals surface area contributed by atoms with Gasteiger partial charge < -0.3 is 5.11 Å². The molecule has 128 valence electrons. The monoisotopic (exact) mass is 330 g/mol. The van der Waals surface area contributed by atoms with Crippen molar-refractivity contribution in [1.82, 2.24) is 0 Å². The van der Waals surface area contributed by atoms with Gasteiger partial charge in [-0.25, -0.2) is 0 Å². The summed E-state index contributed by atoms with van der Waals surface area (Å²) in [4.78, 5) is 0. The van der Waals surface area contributed by atoms with Crippen molar-refractivity contribution in [2.24, 2.45) is 0 Å². The number of hydrogen-bond acceptors (Lipinski definition) is 1. The van der Waals surface area contributed by atoms with Gasteiger partial charge in [-0.2, -0.15) is 0 Å². The standard InChI is InChI=1S/C24H26O/c1-23(2,18-12-7-5-8-13-18)20-16-11-17-21(25)22(20)24(3,4)19-14-9-6-10-15-19/h5-17,25H,1-4H3. The average Bonchev–Trinajstić information content (AvgIpc) is 2.63. The van der Waals surface area contributed by atoms with E-state index in [9.17, 15) is 5.11 Å². The van der Waals surface area contributed by atoms with E-state index in [0.29, 0.717) is 5.75 Å². The van der Waals surface area contributed by atoms with Crippen LogP contribution in [0.3, 0.4) is 0 Å². The summed E-state index contributed by atoms with van der Waals surface area (Å²) in [6.07, 6.45) is 0. The number of aromatic hydroxyl groups is 1. The molecule has 0 aromatic heterocycles. The molecule has 3 aromatic rings. The van der Waals surface area contributed by atoms with Crippen molar-refractivity contribution in [3.05, 3.63) is 101 Å². The first-order valence-corrected chi connectivity index (χ1v) is 8.79. The zero-order valence-electron chi connectivity index (χ0n) is 15.5. The van der Waals surface area contributed by atoms with Gasteiger partial charge in [0.15, 0.2) is 0 Å². The molecule has 0 atom stereocenters. The highest BCUT2D eigenvalue weighted by Crippen LogP contribution is 2.44. The average molecular weight is 330 g/mol. The first-order chi connectivity index (χ1) is 11.8. The molecule has 3 aromatic carbocycles. The highest BCUT2D eigenvalue weighted by Gasteiger charge is 2.34. The first-order valence-electron chi connectivity index (χ1n) is 8.79. The number of rotatable bonds is 4. The van der Waals surface area contributed by atoms with E-state index in [2.05, 4.69) is 82.3 Å². The second kappa shape index (κ2) is 6.40. The molecule has 0 saturated carbocycles. The van der Waals surface area contributed by atoms with Gasteiger partial charge in [-0.3, -0.25) is 0 Å². The van der Waals surface area contributed by atoms with Crippen molar-refractivity contribution >= 4 is 0 Å². The molecule has 1 nitrogen and oxygen atoms in total. The van der Waals surface area contributed by atoms with Gasteiger partial charge in [-0.15, -0.1) is 0 Å². The third-order valence-electron chi connectivity index (χ3n) is 5.33. The summed E-state index contributed by atoms with van der Waals surface area (Å²) < 4.78 is 0. The van der Waals surface area contributed by atoms with E-state index in [0.717, 1.165) is 11.1 Å². The second-order valence-electron chi connectivity index (χ2n) is 7.68. The first kappa shape index (κ1) is 17.3. The Bertz CT molecular complexity index is 846. The van der Waals surface area contributed by atoms with E-state index in [4.69, 9.17) is 0 Å². The second-order valence-corrected chi connectivity index (χ2v) is 7.68. The third kappa shape index (κ3) is 3.07. The molecule has 0 radical (unpaired) electrons.